The zero-order valence-corrected chi connectivity index (χ0v) is 9.78. The van der Waals surface area contributed by atoms with E-state index in [2.05, 4.69) is 5.32 Å². The van der Waals surface area contributed by atoms with Crippen molar-refractivity contribution >= 4 is 6.03 Å². The Morgan fingerprint density at radius 2 is 2.44 bits per heavy atom. The molecule has 5 heteroatoms. The molecule has 2 aliphatic rings. The van der Waals surface area contributed by atoms with Crippen LogP contribution in [0.25, 0.3) is 0 Å². The Labute approximate surface area is 96.1 Å². The minimum atomic E-state index is 0.0501. The smallest absolute Gasteiger partial charge is 0.317 e. The van der Waals surface area contributed by atoms with Crippen molar-refractivity contribution in [1.82, 2.24) is 10.2 Å². The summed E-state index contributed by atoms with van der Waals surface area (Å²) in [7, 11) is 1.71. The van der Waals surface area contributed by atoms with Crippen molar-refractivity contribution in [3.63, 3.8) is 0 Å². The van der Waals surface area contributed by atoms with E-state index >= 15 is 0 Å². The van der Waals surface area contributed by atoms with Crippen LogP contribution < -0.4 is 5.32 Å². The number of rotatable bonds is 3. The fourth-order valence-electron chi connectivity index (χ4n) is 2.30. The molecule has 0 radical (unpaired) electrons. The Hall–Kier alpha value is -0.810. The Balaban J connectivity index is 1.73. The lowest BCUT2D eigenvalue weighted by Gasteiger charge is -2.19. The van der Waals surface area contributed by atoms with Gasteiger partial charge in [-0.05, 0) is 12.8 Å². The zero-order chi connectivity index (χ0) is 11.4. The standard InChI is InChI=1S/C11H20N2O3/c1-15-7-9-2-4-13(6-9)11(14)12-10-3-5-16-8-10/h9-10H,2-8H2,1H3,(H,12,14). The summed E-state index contributed by atoms with van der Waals surface area (Å²) in [5.74, 6) is 0.496. The minimum absolute atomic E-state index is 0.0501. The van der Waals surface area contributed by atoms with Crippen molar-refractivity contribution in [1.29, 1.82) is 0 Å². The maximum atomic E-state index is 11.9. The molecule has 1 N–H and O–H groups in total. The molecule has 5 nitrogen and oxygen atoms in total. The largest absolute Gasteiger partial charge is 0.384 e. The summed E-state index contributed by atoms with van der Waals surface area (Å²) in [5, 5.41) is 3.00. The number of urea groups is 1. The quantitative estimate of drug-likeness (QED) is 0.763. The van der Waals surface area contributed by atoms with Gasteiger partial charge in [-0.15, -0.1) is 0 Å². The summed E-state index contributed by atoms with van der Waals surface area (Å²) in [4.78, 5) is 13.7. The van der Waals surface area contributed by atoms with Crippen LogP contribution in [0.4, 0.5) is 4.79 Å². The Morgan fingerprint density at radius 1 is 1.56 bits per heavy atom. The van der Waals surface area contributed by atoms with Crippen LogP contribution >= 0.6 is 0 Å². The molecule has 0 aliphatic carbocycles. The van der Waals surface area contributed by atoms with Crippen molar-refractivity contribution in [2.75, 3.05) is 40.0 Å². The molecule has 0 bridgehead atoms. The highest BCUT2D eigenvalue weighted by Gasteiger charge is 2.28. The first-order valence-electron chi connectivity index (χ1n) is 5.91. The van der Waals surface area contributed by atoms with E-state index in [1.54, 1.807) is 7.11 Å². The summed E-state index contributed by atoms with van der Waals surface area (Å²) in [6, 6.07) is 0.253. The topological polar surface area (TPSA) is 50.8 Å². The average molecular weight is 228 g/mol. The van der Waals surface area contributed by atoms with E-state index in [0.717, 1.165) is 39.1 Å². The van der Waals surface area contributed by atoms with Gasteiger partial charge in [0.15, 0.2) is 0 Å². The molecule has 0 aromatic rings. The number of amides is 2. The van der Waals surface area contributed by atoms with Crippen LogP contribution in [0.5, 0.6) is 0 Å². The third-order valence-electron chi connectivity index (χ3n) is 3.23. The maximum absolute atomic E-state index is 11.9. The number of ether oxygens (including phenoxy) is 2. The number of nitrogens with zero attached hydrogens (tertiary/aromatic N) is 1. The predicted octanol–water partition coefficient (Wildman–Crippen LogP) is 0.453. The first-order valence-corrected chi connectivity index (χ1v) is 5.91. The van der Waals surface area contributed by atoms with E-state index < -0.39 is 0 Å². The number of hydrogen-bond acceptors (Lipinski definition) is 3. The first kappa shape index (κ1) is 11.7. The summed E-state index contributed by atoms with van der Waals surface area (Å²) < 4.78 is 10.3. The molecule has 2 fully saturated rings. The molecule has 0 aromatic heterocycles. The fourth-order valence-corrected chi connectivity index (χ4v) is 2.30. The molecule has 92 valence electrons. The van der Waals surface area contributed by atoms with Gasteiger partial charge in [-0.1, -0.05) is 0 Å². The van der Waals surface area contributed by atoms with Gasteiger partial charge in [-0.3, -0.25) is 0 Å². The van der Waals surface area contributed by atoms with Gasteiger partial charge < -0.3 is 19.7 Å². The molecule has 16 heavy (non-hydrogen) atoms. The summed E-state index contributed by atoms with van der Waals surface area (Å²) in [5.41, 5.74) is 0. The molecule has 2 amide bonds. The minimum Gasteiger partial charge on any atom is -0.384 e. The number of likely N-dealkylation sites (tertiary alicyclic amines) is 1. The molecule has 2 aliphatic heterocycles. The van der Waals surface area contributed by atoms with Crippen molar-refractivity contribution in [3.8, 4) is 0 Å². The lowest BCUT2D eigenvalue weighted by atomic mass is 10.1. The number of carbonyl (C=O) groups excluding carboxylic acids is 1. The van der Waals surface area contributed by atoms with E-state index in [1.807, 2.05) is 4.90 Å². The van der Waals surface area contributed by atoms with E-state index in [-0.39, 0.29) is 12.1 Å². The molecule has 2 saturated heterocycles. The van der Waals surface area contributed by atoms with Crippen molar-refractivity contribution < 1.29 is 14.3 Å². The molecule has 2 unspecified atom stereocenters. The van der Waals surface area contributed by atoms with E-state index in [0.29, 0.717) is 12.5 Å². The van der Waals surface area contributed by atoms with Gasteiger partial charge in [-0.25, -0.2) is 4.79 Å². The van der Waals surface area contributed by atoms with Crippen molar-refractivity contribution in [2.45, 2.75) is 18.9 Å². The highest BCUT2D eigenvalue weighted by atomic mass is 16.5. The maximum Gasteiger partial charge on any atom is 0.317 e. The monoisotopic (exact) mass is 228 g/mol. The van der Waals surface area contributed by atoms with Crippen LogP contribution in [0.3, 0.4) is 0 Å². The number of methoxy groups -OCH3 is 1. The van der Waals surface area contributed by atoms with Crippen LogP contribution in [0, 0.1) is 5.92 Å². The molecular formula is C11H20N2O3. The van der Waals surface area contributed by atoms with E-state index in [1.165, 1.54) is 0 Å². The Morgan fingerprint density at radius 3 is 3.12 bits per heavy atom. The first-order chi connectivity index (χ1) is 7.79. The Bertz CT molecular complexity index is 241. The van der Waals surface area contributed by atoms with Gasteiger partial charge in [0.25, 0.3) is 0 Å². The molecule has 2 heterocycles. The van der Waals surface area contributed by atoms with Crippen molar-refractivity contribution in [3.05, 3.63) is 0 Å². The summed E-state index contributed by atoms with van der Waals surface area (Å²) in [6.07, 6.45) is 1.98. The van der Waals surface area contributed by atoms with Gasteiger partial charge in [-0.2, -0.15) is 0 Å². The lowest BCUT2D eigenvalue weighted by molar-refractivity contribution is 0.152. The van der Waals surface area contributed by atoms with Crippen molar-refractivity contribution in [2.24, 2.45) is 5.92 Å². The van der Waals surface area contributed by atoms with E-state index in [4.69, 9.17) is 9.47 Å². The predicted molar refractivity (Wildman–Crippen MR) is 59.3 cm³/mol. The summed E-state index contributed by atoms with van der Waals surface area (Å²) >= 11 is 0. The molecule has 0 aromatic carbocycles. The van der Waals surface area contributed by atoms with Gasteiger partial charge in [0.05, 0.1) is 19.3 Å². The molecule has 0 saturated carbocycles. The normalized spacial score (nSPS) is 29.7. The third kappa shape index (κ3) is 2.86. The average Bonchev–Trinajstić information content (AvgIpc) is 2.89. The molecule has 2 rings (SSSR count). The third-order valence-corrected chi connectivity index (χ3v) is 3.23. The SMILES string of the molecule is COCC1CCN(C(=O)NC2CCOC2)C1. The second-order valence-electron chi connectivity index (χ2n) is 4.57. The van der Waals surface area contributed by atoms with E-state index in [9.17, 15) is 4.79 Å². The van der Waals surface area contributed by atoms with Gasteiger partial charge in [0, 0.05) is 32.7 Å². The van der Waals surface area contributed by atoms with Gasteiger partial charge in [0.1, 0.15) is 0 Å². The van der Waals surface area contributed by atoms with Crippen LogP contribution in [-0.4, -0.2) is 57.0 Å². The van der Waals surface area contributed by atoms with Gasteiger partial charge >= 0.3 is 6.03 Å². The van der Waals surface area contributed by atoms with Gasteiger partial charge in [0.2, 0.25) is 0 Å². The Kier molecular flexibility index (Phi) is 4.01. The highest BCUT2D eigenvalue weighted by Crippen LogP contribution is 2.16. The number of hydrogen-bond donors (Lipinski definition) is 1. The summed E-state index contributed by atoms with van der Waals surface area (Å²) in [6.45, 7) is 3.81. The number of carbonyl (C=O) groups is 1. The molecular weight excluding hydrogens is 208 g/mol. The van der Waals surface area contributed by atoms with Crippen LogP contribution in [-0.2, 0) is 9.47 Å². The zero-order valence-electron chi connectivity index (χ0n) is 9.78. The van der Waals surface area contributed by atoms with Crippen LogP contribution in [0.2, 0.25) is 0 Å². The number of nitrogens with one attached hydrogen (secondary N) is 1. The highest BCUT2D eigenvalue weighted by molar-refractivity contribution is 5.74. The van der Waals surface area contributed by atoms with Crippen LogP contribution in [0.1, 0.15) is 12.8 Å². The second-order valence-corrected chi connectivity index (χ2v) is 4.57. The lowest BCUT2D eigenvalue weighted by Crippen LogP contribution is -2.44. The fraction of sp³-hybridized carbons (Fsp3) is 0.909. The molecule has 2 atom stereocenters. The molecule has 0 spiro atoms. The second kappa shape index (κ2) is 5.50. The van der Waals surface area contributed by atoms with Crippen LogP contribution in [0.15, 0.2) is 0 Å².